The second kappa shape index (κ2) is 4.09. The topological polar surface area (TPSA) is 57.5 Å². The van der Waals surface area contributed by atoms with Gasteiger partial charge in [-0.05, 0) is 40.4 Å². The highest BCUT2D eigenvalue weighted by Crippen LogP contribution is 2.45. The lowest BCUT2D eigenvalue weighted by Crippen LogP contribution is -2.32. The Bertz CT molecular complexity index is 422. The van der Waals surface area contributed by atoms with Crippen molar-refractivity contribution < 1.29 is 15.0 Å². The summed E-state index contributed by atoms with van der Waals surface area (Å²) in [6.07, 6.45) is 3.14. The van der Waals surface area contributed by atoms with Gasteiger partial charge in [-0.15, -0.1) is 0 Å². The Morgan fingerprint density at radius 1 is 1.31 bits per heavy atom. The molecule has 0 radical (unpaired) electrons. The van der Waals surface area contributed by atoms with Crippen molar-refractivity contribution in [3.8, 4) is 5.75 Å². The molecule has 1 saturated carbocycles. The summed E-state index contributed by atoms with van der Waals surface area (Å²) in [6, 6.07) is 5.03. The molecule has 1 aliphatic rings. The Morgan fingerprint density at radius 2 is 1.94 bits per heavy atom. The van der Waals surface area contributed by atoms with Gasteiger partial charge in [-0.2, -0.15) is 0 Å². The van der Waals surface area contributed by atoms with E-state index in [0.717, 1.165) is 12.8 Å². The number of phenolic OH excluding ortho intramolecular Hbond substituents is 1. The number of phenols is 1. The molecule has 1 aliphatic carbocycles. The molecule has 86 valence electrons. The number of carbonyl (C=O) groups is 1. The van der Waals surface area contributed by atoms with Gasteiger partial charge in [0, 0.05) is 0 Å². The molecule has 0 bridgehead atoms. The fourth-order valence-corrected chi connectivity index (χ4v) is 3.11. The van der Waals surface area contributed by atoms with Crippen molar-refractivity contribution in [3.05, 3.63) is 28.2 Å². The number of hydrogen-bond acceptors (Lipinski definition) is 2. The van der Waals surface area contributed by atoms with Crippen LogP contribution in [0, 0.1) is 0 Å². The molecular formula is C12H13BrO3. The molecule has 2 N–H and O–H groups in total. The van der Waals surface area contributed by atoms with Gasteiger partial charge >= 0.3 is 5.97 Å². The first-order valence-corrected chi connectivity index (χ1v) is 6.08. The Kier molecular flexibility index (Phi) is 2.93. The number of benzene rings is 1. The summed E-state index contributed by atoms with van der Waals surface area (Å²) in [5.41, 5.74) is -0.130. The number of aromatic hydroxyl groups is 1. The summed E-state index contributed by atoms with van der Waals surface area (Å²) in [4.78, 5) is 11.5. The van der Waals surface area contributed by atoms with Crippen molar-refractivity contribution in [2.75, 3.05) is 0 Å². The number of carboxylic acid groups (broad SMARTS) is 1. The molecule has 0 saturated heterocycles. The average Bonchev–Trinajstić information content (AvgIpc) is 2.72. The Hall–Kier alpha value is -1.03. The van der Waals surface area contributed by atoms with Crippen LogP contribution in [0.5, 0.6) is 5.75 Å². The van der Waals surface area contributed by atoms with E-state index in [2.05, 4.69) is 15.9 Å². The Morgan fingerprint density at radius 3 is 2.50 bits per heavy atom. The number of aliphatic carboxylic acids is 1. The van der Waals surface area contributed by atoms with E-state index in [0.29, 0.717) is 22.9 Å². The molecule has 0 unspecified atom stereocenters. The van der Waals surface area contributed by atoms with Crippen molar-refractivity contribution in [2.24, 2.45) is 0 Å². The zero-order valence-corrected chi connectivity index (χ0v) is 10.3. The third-order valence-electron chi connectivity index (χ3n) is 3.36. The molecule has 0 heterocycles. The first kappa shape index (κ1) is 11.5. The number of rotatable bonds is 2. The lowest BCUT2D eigenvalue weighted by molar-refractivity contribution is -0.143. The molecule has 2 rings (SSSR count). The van der Waals surface area contributed by atoms with Crippen LogP contribution in [0.3, 0.4) is 0 Å². The summed E-state index contributed by atoms with van der Waals surface area (Å²) in [5.74, 6) is -0.693. The summed E-state index contributed by atoms with van der Waals surface area (Å²) < 4.78 is 0.513. The minimum atomic E-state index is -0.822. The van der Waals surface area contributed by atoms with E-state index in [9.17, 15) is 15.0 Å². The van der Waals surface area contributed by atoms with Crippen molar-refractivity contribution in [3.63, 3.8) is 0 Å². The number of halogens is 1. The van der Waals surface area contributed by atoms with Crippen molar-refractivity contribution >= 4 is 21.9 Å². The maximum absolute atomic E-state index is 11.5. The fourth-order valence-electron chi connectivity index (χ4n) is 2.47. The van der Waals surface area contributed by atoms with Gasteiger partial charge in [0.2, 0.25) is 0 Å². The molecule has 3 nitrogen and oxygen atoms in total. The van der Waals surface area contributed by atoms with Crippen LogP contribution in [0.15, 0.2) is 22.7 Å². The fraction of sp³-hybridized carbons (Fsp3) is 0.417. The van der Waals surface area contributed by atoms with E-state index >= 15 is 0 Å². The van der Waals surface area contributed by atoms with E-state index in [1.54, 1.807) is 18.2 Å². The smallest absolute Gasteiger partial charge is 0.314 e. The van der Waals surface area contributed by atoms with Crippen LogP contribution in [0.2, 0.25) is 0 Å². The van der Waals surface area contributed by atoms with Crippen LogP contribution in [-0.2, 0) is 10.2 Å². The molecule has 1 aromatic rings. The van der Waals surface area contributed by atoms with Gasteiger partial charge in [-0.1, -0.05) is 25.0 Å². The maximum atomic E-state index is 11.5. The van der Waals surface area contributed by atoms with Crippen LogP contribution in [0.4, 0.5) is 0 Å². The largest absolute Gasteiger partial charge is 0.507 e. The third-order valence-corrected chi connectivity index (χ3v) is 4.19. The van der Waals surface area contributed by atoms with E-state index in [1.165, 1.54) is 0 Å². The van der Waals surface area contributed by atoms with Gasteiger partial charge in [-0.25, -0.2) is 0 Å². The van der Waals surface area contributed by atoms with Gasteiger partial charge in [0.05, 0.1) is 9.89 Å². The predicted octanol–water partition coefficient (Wildman–Crippen LogP) is 3.05. The van der Waals surface area contributed by atoms with Crippen LogP contribution in [0.25, 0.3) is 0 Å². The standard InChI is InChI=1S/C12H13BrO3/c13-10-8(4-3-5-9(10)14)12(11(15)16)6-1-2-7-12/h3-5,14H,1-2,6-7H2,(H,15,16). The lowest BCUT2D eigenvalue weighted by Gasteiger charge is -2.25. The molecule has 16 heavy (non-hydrogen) atoms. The van der Waals surface area contributed by atoms with Crippen molar-refractivity contribution in [1.82, 2.24) is 0 Å². The molecule has 0 spiro atoms. The molecule has 0 atom stereocenters. The predicted molar refractivity (Wildman–Crippen MR) is 63.6 cm³/mol. The maximum Gasteiger partial charge on any atom is 0.314 e. The van der Waals surface area contributed by atoms with Crippen LogP contribution >= 0.6 is 15.9 Å². The first-order chi connectivity index (χ1) is 7.58. The lowest BCUT2D eigenvalue weighted by atomic mass is 9.79. The van der Waals surface area contributed by atoms with Crippen LogP contribution < -0.4 is 0 Å². The van der Waals surface area contributed by atoms with Gasteiger partial charge in [0.1, 0.15) is 5.75 Å². The van der Waals surface area contributed by atoms with Gasteiger partial charge in [0.15, 0.2) is 0 Å². The molecule has 0 amide bonds. The molecule has 1 aromatic carbocycles. The second-order valence-corrected chi connectivity index (χ2v) is 5.03. The van der Waals surface area contributed by atoms with E-state index in [1.807, 2.05) is 0 Å². The monoisotopic (exact) mass is 284 g/mol. The highest BCUT2D eigenvalue weighted by atomic mass is 79.9. The number of carboxylic acids is 1. The SMILES string of the molecule is O=C(O)C1(c2cccc(O)c2Br)CCCC1. The number of hydrogen-bond donors (Lipinski definition) is 2. The summed E-state index contributed by atoms with van der Waals surface area (Å²) in [6.45, 7) is 0. The van der Waals surface area contributed by atoms with E-state index in [-0.39, 0.29) is 5.75 Å². The van der Waals surface area contributed by atoms with Gasteiger partial charge in [-0.3, -0.25) is 4.79 Å². The minimum Gasteiger partial charge on any atom is -0.507 e. The zero-order chi connectivity index (χ0) is 11.8. The summed E-state index contributed by atoms with van der Waals surface area (Å²) in [5, 5.41) is 19.0. The highest BCUT2D eigenvalue weighted by molar-refractivity contribution is 9.10. The Balaban J connectivity index is 2.56. The van der Waals surface area contributed by atoms with Crippen LogP contribution in [-0.4, -0.2) is 16.2 Å². The summed E-state index contributed by atoms with van der Waals surface area (Å²) >= 11 is 3.28. The average molecular weight is 285 g/mol. The third kappa shape index (κ3) is 1.61. The van der Waals surface area contributed by atoms with E-state index in [4.69, 9.17) is 0 Å². The highest BCUT2D eigenvalue weighted by Gasteiger charge is 2.44. The molecule has 0 aliphatic heterocycles. The molecule has 4 heteroatoms. The summed E-state index contributed by atoms with van der Waals surface area (Å²) in [7, 11) is 0. The minimum absolute atomic E-state index is 0.102. The van der Waals surface area contributed by atoms with Crippen LogP contribution in [0.1, 0.15) is 31.2 Å². The van der Waals surface area contributed by atoms with E-state index < -0.39 is 11.4 Å². The molecular weight excluding hydrogens is 272 g/mol. The van der Waals surface area contributed by atoms with Gasteiger partial charge in [0.25, 0.3) is 0 Å². The Labute approximate surface area is 102 Å². The normalized spacial score (nSPS) is 18.6. The molecule has 1 fully saturated rings. The quantitative estimate of drug-likeness (QED) is 0.878. The second-order valence-electron chi connectivity index (χ2n) is 4.23. The van der Waals surface area contributed by atoms with Crippen molar-refractivity contribution in [1.29, 1.82) is 0 Å². The zero-order valence-electron chi connectivity index (χ0n) is 8.74. The first-order valence-electron chi connectivity index (χ1n) is 5.29. The van der Waals surface area contributed by atoms with Crippen molar-refractivity contribution in [2.45, 2.75) is 31.1 Å². The van der Waals surface area contributed by atoms with Gasteiger partial charge < -0.3 is 10.2 Å². The molecule has 0 aromatic heterocycles.